The molecule has 0 atom stereocenters. The van der Waals surface area contributed by atoms with Gasteiger partial charge < -0.3 is 9.64 Å². The molecule has 1 aromatic rings. The molecule has 1 aliphatic rings. The minimum absolute atomic E-state index is 0.0998. The van der Waals surface area contributed by atoms with Crippen molar-refractivity contribution in [3.05, 3.63) is 18.5 Å². The molecule has 1 fully saturated rings. The van der Waals surface area contributed by atoms with Crippen LogP contribution in [0.1, 0.15) is 13.8 Å². The minimum atomic E-state index is -0.0998. The van der Waals surface area contributed by atoms with Crippen molar-refractivity contribution in [3.63, 3.8) is 0 Å². The second kappa shape index (κ2) is 3.53. The molecule has 1 aromatic heterocycles. The summed E-state index contributed by atoms with van der Waals surface area (Å²) in [5.41, 5.74) is -0.0998. The van der Waals surface area contributed by atoms with Crippen LogP contribution >= 0.6 is 0 Å². The minimum Gasteiger partial charge on any atom is -0.372 e. The highest BCUT2D eigenvalue weighted by atomic mass is 16.5. The van der Waals surface area contributed by atoms with Gasteiger partial charge in [0.25, 0.3) is 0 Å². The Morgan fingerprint density at radius 3 is 2.71 bits per heavy atom. The van der Waals surface area contributed by atoms with Gasteiger partial charge in [-0.1, -0.05) is 0 Å². The molecule has 14 heavy (non-hydrogen) atoms. The van der Waals surface area contributed by atoms with Crippen LogP contribution in [0, 0.1) is 0 Å². The molecule has 4 heteroatoms. The summed E-state index contributed by atoms with van der Waals surface area (Å²) in [6.45, 7) is 6.62. The van der Waals surface area contributed by atoms with Crippen LogP contribution < -0.4 is 4.90 Å². The van der Waals surface area contributed by atoms with Gasteiger partial charge in [-0.15, -0.1) is 0 Å². The Balaban J connectivity index is 2.12. The van der Waals surface area contributed by atoms with Crippen molar-refractivity contribution in [1.82, 2.24) is 9.97 Å². The van der Waals surface area contributed by atoms with Gasteiger partial charge in [-0.05, 0) is 19.9 Å². The van der Waals surface area contributed by atoms with Gasteiger partial charge in [-0.25, -0.2) is 9.97 Å². The van der Waals surface area contributed by atoms with Gasteiger partial charge in [0.05, 0.1) is 12.2 Å². The van der Waals surface area contributed by atoms with E-state index in [1.807, 2.05) is 6.07 Å². The second-order valence-corrected chi connectivity index (χ2v) is 4.08. The van der Waals surface area contributed by atoms with Gasteiger partial charge >= 0.3 is 0 Å². The summed E-state index contributed by atoms with van der Waals surface area (Å²) < 4.78 is 5.62. The first-order valence-electron chi connectivity index (χ1n) is 4.83. The molecule has 2 heterocycles. The summed E-state index contributed by atoms with van der Waals surface area (Å²) in [6.07, 6.45) is 3.54. The third-order valence-electron chi connectivity index (χ3n) is 2.26. The lowest BCUT2D eigenvalue weighted by atomic mass is 10.1. The smallest absolute Gasteiger partial charge is 0.225 e. The van der Waals surface area contributed by atoms with Crippen molar-refractivity contribution < 1.29 is 4.74 Å². The Labute approximate surface area is 83.9 Å². The van der Waals surface area contributed by atoms with Crippen molar-refractivity contribution in [1.29, 1.82) is 0 Å². The van der Waals surface area contributed by atoms with Crippen LogP contribution in [0.2, 0.25) is 0 Å². The standard InChI is InChI=1S/C10H15N3O/c1-10(2)8-13(6-7-14-10)9-11-4-3-5-12-9/h3-5H,6-8H2,1-2H3. The molecule has 0 aliphatic carbocycles. The van der Waals surface area contributed by atoms with Gasteiger partial charge in [0.15, 0.2) is 0 Å². The van der Waals surface area contributed by atoms with E-state index >= 15 is 0 Å². The lowest BCUT2D eigenvalue weighted by molar-refractivity contribution is -0.0281. The summed E-state index contributed by atoms with van der Waals surface area (Å²) >= 11 is 0. The van der Waals surface area contributed by atoms with Crippen molar-refractivity contribution >= 4 is 5.95 Å². The topological polar surface area (TPSA) is 38.2 Å². The molecule has 0 amide bonds. The quantitative estimate of drug-likeness (QED) is 0.669. The number of hydrogen-bond donors (Lipinski definition) is 0. The molecule has 0 aromatic carbocycles. The van der Waals surface area contributed by atoms with Crippen LogP contribution in [0.25, 0.3) is 0 Å². The highest BCUT2D eigenvalue weighted by Gasteiger charge is 2.28. The van der Waals surface area contributed by atoms with Crippen molar-refractivity contribution in [2.24, 2.45) is 0 Å². The Kier molecular flexibility index (Phi) is 2.37. The fourth-order valence-corrected chi connectivity index (χ4v) is 1.64. The molecular formula is C10H15N3O. The van der Waals surface area contributed by atoms with Crippen molar-refractivity contribution in [3.8, 4) is 0 Å². The van der Waals surface area contributed by atoms with Gasteiger partial charge in [-0.2, -0.15) is 0 Å². The Morgan fingerprint density at radius 2 is 2.07 bits per heavy atom. The lowest BCUT2D eigenvalue weighted by Gasteiger charge is -2.38. The van der Waals surface area contributed by atoms with Crippen LogP contribution in [0.5, 0.6) is 0 Å². The van der Waals surface area contributed by atoms with E-state index in [0.717, 1.165) is 25.6 Å². The third kappa shape index (κ3) is 2.01. The second-order valence-electron chi connectivity index (χ2n) is 4.08. The van der Waals surface area contributed by atoms with Gasteiger partial charge in [0.1, 0.15) is 0 Å². The lowest BCUT2D eigenvalue weighted by Crippen LogP contribution is -2.48. The van der Waals surface area contributed by atoms with Crippen LogP contribution in [0.15, 0.2) is 18.5 Å². The zero-order valence-corrected chi connectivity index (χ0v) is 8.60. The molecule has 0 radical (unpaired) electrons. The number of anilines is 1. The summed E-state index contributed by atoms with van der Waals surface area (Å²) in [4.78, 5) is 10.6. The third-order valence-corrected chi connectivity index (χ3v) is 2.26. The van der Waals surface area contributed by atoms with E-state index in [1.165, 1.54) is 0 Å². The van der Waals surface area contributed by atoms with Crippen molar-refractivity contribution in [2.45, 2.75) is 19.4 Å². The average Bonchev–Trinajstić information content (AvgIpc) is 2.18. The first-order chi connectivity index (χ1) is 6.67. The van der Waals surface area contributed by atoms with E-state index in [4.69, 9.17) is 4.74 Å². The van der Waals surface area contributed by atoms with E-state index in [0.29, 0.717) is 0 Å². The van der Waals surface area contributed by atoms with Crippen LogP contribution in [0.4, 0.5) is 5.95 Å². The van der Waals surface area contributed by atoms with E-state index in [-0.39, 0.29) is 5.60 Å². The maximum atomic E-state index is 5.62. The highest BCUT2D eigenvalue weighted by molar-refractivity contribution is 5.29. The summed E-state index contributed by atoms with van der Waals surface area (Å²) in [6, 6.07) is 1.83. The maximum absolute atomic E-state index is 5.62. The molecule has 0 saturated carbocycles. The molecule has 76 valence electrons. The largest absolute Gasteiger partial charge is 0.372 e. The van der Waals surface area contributed by atoms with Gasteiger partial charge in [0, 0.05) is 25.5 Å². The van der Waals surface area contributed by atoms with E-state index in [2.05, 4.69) is 28.7 Å². The fraction of sp³-hybridized carbons (Fsp3) is 0.600. The Bertz CT molecular complexity index is 299. The Hall–Kier alpha value is -1.16. The number of morpholine rings is 1. The number of hydrogen-bond acceptors (Lipinski definition) is 4. The number of rotatable bonds is 1. The maximum Gasteiger partial charge on any atom is 0.225 e. The summed E-state index contributed by atoms with van der Waals surface area (Å²) in [7, 11) is 0. The Morgan fingerprint density at radius 1 is 1.36 bits per heavy atom. The number of ether oxygens (including phenoxy) is 1. The highest BCUT2D eigenvalue weighted by Crippen LogP contribution is 2.19. The average molecular weight is 193 g/mol. The van der Waals surface area contributed by atoms with E-state index in [9.17, 15) is 0 Å². The number of aromatic nitrogens is 2. The van der Waals surface area contributed by atoms with Crippen molar-refractivity contribution in [2.75, 3.05) is 24.6 Å². The summed E-state index contributed by atoms with van der Waals surface area (Å²) in [5, 5.41) is 0. The van der Waals surface area contributed by atoms with Crippen LogP contribution in [-0.4, -0.2) is 35.3 Å². The molecule has 0 unspecified atom stereocenters. The van der Waals surface area contributed by atoms with Crippen LogP contribution in [0.3, 0.4) is 0 Å². The molecule has 0 bridgehead atoms. The van der Waals surface area contributed by atoms with Gasteiger partial charge in [0.2, 0.25) is 5.95 Å². The van der Waals surface area contributed by atoms with Gasteiger partial charge in [-0.3, -0.25) is 0 Å². The molecule has 0 spiro atoms. The SMILES string of the molecule is CC1(C)CN(c2ncccn2)CCO1. The molecule has 1 saturated heterocycles. The van der Waals surface area contributed by atoms with Crippen LogP contribution in [-0.2, 0) is 4.74 Å². The first kappa shape index (κ1) is 9.40. The first-order valence-corrected chi connectivity index (χ1v) is 4.83. The normalized spacial score (nSPS) is 20.9. The van der Waals surface area contributed by atoms with E-state index in [1.54, 1.807) is 12.4 Å². The monoisotopic (exact) mass is 193 g/mol. The zero-order chi connectivity index (χ0) is 10.0. The van der Waals surface area contributed by atoms with E-state index < -0.39 is 0 Å². The molecule has 2 rings (SSSR count). The molecule has 4 nitrogen and oxygen atoms in total. The molecule has 1 aliphatic heterocycles. The molecular weight excluding hydrogens is 178 g/mol. The molecule has 0 N–H and O–H groups in total. The number of nitrogens with zero attached hydrogens (tertiary/aromatic N) is 3. The predicted molar refractivity (Wildman–Crippen MR) is 54.3 cm³/mol. The summed E-state index contributed by atoms with van der Waals surface area (Å²) in [5.74, 6) is 0.795. The zero-order valence-electron chi connectivity index (χ0n) is 8.60. The predicted octanol–water partition coefficient (Wildman–Crippen LogP) is 1.09. The fourth-order valence-electron chi connectivity index (χ4n) is 1.64.